The highest BCUT2D eigenvalue weighted by Crippen LogP contribution is 2.19. The lowest BCUT2D eigenvalue weighted by molar-refractivity contribution is 0.440. The number of nitrogens with two attached hydrogens (primary N) is 2. The van der Waals surface area contributed by atoms with Crippen molar-refractivity contribution in [2.24, 2.45) is 11.5 Å². The first kappa shape index (κ1) is 9.23. The quantitative estimate of drug-likeness (QED) is 0.705. The van der Waals surface area contributed by atoms with E-state index in [0.29, 0.717) is 6.54 Å². The van der Waals surface area contributed by atoms with Crippen molar-refractivity contribution in [2.75, 3.05) is 6.54 Å². The summed E-state index contributed by atoms with van der Waals surface area (Å²) < 4.78 is 0. The number of hydrogen-bond acceptors (Lipinski definition) is 2. The Morgan fingerprint density at radius 1 is 1.25 bits per heavy atom. The molecule has 0 amide bonds. The van der Waals surface area contributed by atoms with Crippen molar-refractivity contribution < 1.29 is 0 Å². The molecular weight excluding hydrogens is 148 g/mol. The van der Waals surface area contributed by atoms with E-state index >= 15 is 0 Å². The van der Waals surface area contributed by atoms with Gasteiger partial charge >= 0.3 is 0 Å². The Morgan fingerprint density at radius 3 is 2.25 bits per heavy atom. The number of hydrogen-bond donors (Lipinski definition) is 2. The maximum Gasteiger partial charge on any atom is 0.0531 e. The largest absolute Gasteiger partial charge is 0.328 e. The Labute approximate surface area is 73.6 Å². The van der Waals surface area contributed by atoms with Gasteiger partial charge in [-0.1, -0.05) is 37.3 Å². The molecule has 1 aromatic rings. The normalized spacial score (nSPS) is 15.6. The molecule has 12 heavy (non-hydrogen) atoms. The van der Waals surface area contributed by atoms with Gasteiger partial charge in [0.05, 0.1) is 5.54 Å². The monoisotopic (exact) mass is 164 g/mol. The molecular formula is C10H16N2. The van der Waals surface area contributed by atoms with E-state index in [1.165, 1.54) is 0 Å². The minimum atomic E-state index is -0.346. The van der Waals surface area contributed by atoms with Crippen LogP contribution >= 0.6 is 0 Å². The zero-order chi connectivity index (χ0) is 9.03. The van der Waals surface area contributed by atoms with Crippen molar-refractivity contribution in [1.82, 2.24) is 0 Å². The summed E-state index contributed by atoms with van der Waals surface area (Å²) in [6.45, 7) is 2.55. The van der Waals surface area contributed by atoms with Crippen molar-refractivity contribution in [3.63, 3.8) is 0 Å². The topological polar surface area (TPSA) is 52.0 Å². The highest BCUT2D eigenvalue weighted by molar-refractivity contribution is 5.24. The third-order valence-electron chi connectivity index (χ3n) is 2.34. The Kier molecular flexibility index (Phi) is 2.84. The van der Waals surface area contributed by atoms with Crippen LogP contribution in [0.2, 0.25) is 0 Å². The van der Waals surface area contributed by atoms with Gasteiger partial charge in [0.2, 0.25) is 0 Å². The van der Waals surface area contributed by atoms with Crippen LogP contribution in [-0.2, 0) is 5.54 Å². The highest BCUT2D eigenvalue weighted by Gasteiger charge is 2.22. The van der Waals surface area contributed by atoms with E-state index in [9.17, 15) is 0 Å². The Bertz CT molecular complexity index is 227. The highest BCUT2D eigenvalue weighted by atomic mass is 14.8. The Morgan fingerprint density at radius 2 is 1.83 bits per heavy atom. The Balaban J connectivity index is 2.95. The zero-order valence-electron chi connectivity index (χ0n) is 7.46. The molecule has 66 valence electrons. The van der Waals surface area contributed by atoms with Gasteiger partial charge in [0.15, 0.2) is 0 Å². The predicted octanol–water partition coefficient (Wildman–Crippen LogP) is 1.21. The van der Waals surface area contributed by atoms with E-state index in [0.717, 1.165) is 12.0 Å². The molecule has 0 bridgehead atoms. The second-order valence-electron chi connectivity index (χ2n) is 3.08. The second-order valence-corrected chi connectivity index (χ2v) is 3.08. The molecule has 2 nitrogen and oxygen atoms in total. The smallest absolute Gasteiger partial charge is 0.0531 e. The summed E-state index contributed by atoms with van der Waals surface area (Å²) in [5.74, 6) is 0. The van der Waals surface area contributed by atoms with Crippen molar-refractivity contribution >= 4 is 0 Å². The molecule has 1 aromatic carbocycles. The fraction of sp³-hybridized carbons (Fsp3) is 0.400. The average molecular weight is 164 g/mol. The summed E-state index contributed by atoms with van der Waals surface area (Å²) in [6.07, 6.45) is 0.869. The molecule has 1 atom stereocenters. The van der Waals surface area contributed by atoms with Crippen molar-refractivity contribution in [2.45, 2.75) is 18.9 Å². The van der Waals surface area contributed by atoms with Crippen LogP contribution in [0.1, 0.15) is 18.9 Å². The van der Waals surface area contributed by atoms with Gasteiger partial charge in [-0.15, -0.1) is 0 Å². The van der Waals surface area contributed by atoms with Gasteiger partial charge < -0.3 is 11.5 Å². The van der Waals surface area contributed by atoms with E-state index in [2.05, 4.69) is 6.92 Å². The van der Waals surface area contributed by atoms with Gasteiger partial charge in [0.25, 0.3) is 0 Å². The SMILES string of the molecule is CC[C@@](N)(CN)c1ccccc1. The van der Waals surface area contributed by atoms with Gasteiger partial charge in [-0.3, -0.25) is 0 Å². The fourth-order valence-corrected chi connectivity index (χ4v) is 1.24. The first-order chi connectivity index (χ1) is 5.73. The molecule has 0 aliphatic rings. The first-order valence-corrected chi connectivity index (χ1v) is 4.27. The molecule has 0 saturated carbocycles. The summed E-state index contributed by atoms with van der Waals surface area (Å²) in [5.41, 5.74) is 12.5. The van der Waals surface area contributed by atoms with Crippen LogP contribution in [0.15, 0.2) is 30.3 Å². The van der Waals surface area contributed by atoms with Crippen LogP contribution in [0, 0.1) is 0 Å². The van der Waals surface area contributed by atoms with E-state index in [1.54, 1.807) is 0 Å². The molecule has 0 spiro atoms. The third-order valence-corrected chi connectivity index (χ3v) is 2.34. The molecule has 0 unspecified atom stereocenters. The molecule has 0 aliphatic heterocycles. The van der Waals surface area contributed by atoms with Crippen LogP contribution in [-0.4, -0.2) is 6.54 Å². The van der Waals surface area contributed by atoms with Gasteiger partial charge in [0.1, 0.15) is 0 Å². The predicted molar refractivity (Wildman–Crippen MR) is 51.7 cm³/mol. The number of benzene rings is 1. The van der Waals surface area contributed by atoms with Crippen LogP contribution in [0.4, 0.5) is 0 Å². The molecule has 0 saturated heterocycles. The lowest BCUT2D eigenvalue weighted by Crippen LogP contribution is -2.43. The lowest BCUT2D eigenvalue weighted by atomic mass is 9.89. The van der Waals surface area contributed by atoms with Crippen molar-refractivity contribution in [3.05, 3.63) is 35.9 Å². The average Bonchev–Trinajstić information content (AvgIpc) is 2.18. The van der Waals surface area contributed by atoms with E-state index in [1.807, 2.05) is 30.3 Å². The van der Waals surface area contributed by atoms with Gasteiger partial charge in [-0.2, -0.15) is 0 Å². The first-order valence-electron chi connectivity index (χ1n) is 4.27. The standard InChI is InChI=1S/C10H16N2/c1-2-10(12,8-11)9-6-4-3-5-7-9/h3-7H,2,8,11-12H2,1H3/t10-/m1/s1. The third kappa shape index (κ3) is 1.65. The minimum Gasteiger partial charge on any atom is -0.328 e. The molecule has 1 rings (SSSR count). The second kappa shape index (κ2) is 3.70. The maximum absolute atomic E-state index is 6.09. The summed E-state index contributed by atoms with van der Waals surface area (Å²) in [6, 6.07) is 10.0. The number of rotatable bonds is 3. The molecule has 4 N–H and O–H groups in total. The van der Waals surface area contributed by atoms with E-state index in [-0.39, 0.29) is 5.54 Å². The summed E-state index contributed by atoms with van der Waals surface area (Å²) >= 11 is 0. The fourth-order valence-electron chi connectivity index (χ4n) is 1.24. The maximum atomic E-state index is 6.09. The van der Waals surface area contributed by atoms with E-state index in [4.69, 9.17) is 11.5 Å². The van der Waals surface area contributed by atoms with Crippen LogP contribution in [0.25, 0.3) is 0 Å². The van der Waals surface area contributed by atoms with Gasteiger partial charge in [-0.25, -0.2) is 0 Å². The Hall–Kier alpha value is -0.860. The van der Waals surface area contributed by atoms with E-state index < -0.39 is 0 Å². The van der Waals surface area contributed by atoms with Gasteiger partial charge in [-0.05, 0) is 12.0 Å². The molecule has 0 aromatic heterocycles. The molecule has 2 heteroatoms. The minimum absolute atomic E-state index is 0.346. The zero-order valence-corrected chi connectivity index (χ0v) is 7.46. The van der Waals surface area contributed by atoms with Crippen molar-refractivity contribution in [3.8, 4) is 0 Å². The molecule has 0 heterocycles. The molecule has 0 radical (unpaired) electrons. The molecule has 0 fully saturated rings. The van der Waals surface area contributed by atoms with Crippen molar-refractivity contribution in [1.29, 1.82) is 0 Å². The van der Waals surface area contributed by atoms with Crippen LogP contribution in [0.3, 0.4) is 0 Å². The lowest BCUT2D eigenvalue weighted by Gasteiger charge is -2.26. The van der Waals surface area contributed by atoms with Crippen LogP contribution in [0.5, 0.6) is 0 Å². The van der Waals surface area contributed by atoms with Crippen LogP contribution < -0.4 is 11.5 Å². The van der Waals surface area contributed by atoms with Gasteiger partial charge in [0, 0.05) is 6.54 Å². The summed E-state index contributed by atoms with van der Waals surface area (Å²) in [4.78, 5) is 0. The summed E-state index contributed by atoms with van der Waals surface area (Å²) in [5, 5.41) is 0. The summed E-state index contributed by atoms with van der Waals surface area (Å²) in [7, 11) is 0. The molecule has 0 aliphatic carbocycles.